The molecular formula is C14H10Cl2FNO. The van der Waals surface area contributed by atoms with Crippen LogP contribution < -0.4 is 5.32 Å². The molecule has 0 bridgehead atoms. The van der Waals surface area contributed by atoms with Gasteiger partial charge in [-0.05, 0) is 42.0 Å². The molecule has 2 aromatic rings. The van der Waals surface area contributed by atoms with Crippen LogP contribution in [0.2, 0.25) is 10.0 Å². The van der Waals surface area contributed by atoms with E-state index in [2.05, 4.69) is 5.32 Å². The van der Waals surface area contributed by atoms with Crippen molar-refractivity contribution < 1.29 is 9.18 Å². The summed E-state index contributed by atoms with van der Waals surface area (Å²) in [4.78, 5) is 11.8. The van der Waals surface area contributed by atoms with Crippen molar-refractivity contribution in [3.05, 3.63) is 69.5 Å². The lowest BCUT2D eigenvalue weighted by Crippen LogP contribution is -2.22. The molecule has 0 unspecified atom stereocenters. The number of carbonyl (C=O) groups excluding carboxylic acids is 1. The number of benzene rings is 2. The van der Waals surface area contributed by atoms with Crippen LogP contribution in [0.3, 0.4) is 0 Å². The normalized spacial score (nSPS) is 10.3. The third kappa shape index (κ3) is 3.69. The van der Waals surface area contributed by atoms with Crippen molar-refractivity contribution in [1.82, 2.24) is 5.32 Å². The topological polar surface area (TPSA) is 29.1 Å². The smallest absolute Gasteiger partial charge is 0.251 e. The van der Waals surface area contributed by atoms with Crippen LogP contribution in [-0.2, 0) is 6.54 Å². The second kappa shape index (κ2) is 6.04. The Labute approximate surface area is 120 Å². The van der Waals surface area contributed by atoms with Crippen LogP contribution in [0.1, 0.15) is 15.9 Å². The lowest BCUT2D eigenvalue weighted by atomic mass is 10.2. The molecule has 2 nitrogen and oxygen atoms in total. The van der Waals surface area contributed by atoms with Gasteiger partial charge in [0, 0.05) is 17.1 Å². The maximum absolute atomic E-state index is 13.0. The van der Waals surface area contributed by atoms with Gasteiger partial charge in [0.15, 0.2) is 0 Å². The standard InChI is InChI=1S/C14H10Cl2FNO/c15-11-4-2-10(3-5-11)14(19)18-8-9-1-6-13(17)12(16)7-9/h1-7H,8H2,(H,18,19). The van der Waals surface area contributed by atoms with Crippen LogP contribution in [0.15, 0.2) is 42.5 Å². The Kier molecular flexibility index (Phi) is 4.40. The first-order valence-corrected chi connectivity index (χ1v) is 6.29. The monoisotopic (exact) mass is 297 g/mol. The van der Waals surface area contributed by atoms with E-state index in [0.29, 0.717) is 10.6 Å². The SMILES string of the molecule is O=C(NCc1ccc(F)c(Cl)c1)c1ccc(Cl)cc1. The molecule has 0 aliphatic heterocycles. The predicted molar refractivity (Wildman–Crippen MR) is 74.0 cm³/mol. The van der Waals surface area contributed by atoms with Crippen LogP contribution in [-0.4, -0.2) is 5.91 Å². The largest absolute Gasteiger partial charge is 0.348 e. The average Bonchev–Trinajstić information content (AvgIpc) is 2.40. The summed E-state index contributed by atoms with van der Waals surface area (Å²) in [6.07, 6.45) is 0. The van der Waals surface area contributed by atoms with Gasteiger partial charge in [0.05, 0.1) is 5.02 Å². The van der Waals surface area contributed by atoms with Gasteiger partial charge < -0.3 is 5.32 Å². The summed E-state index contributed by atoms with van der Waals surface area (Å²) >= 11 is 11.4. The first-order valence-electron chi connectivity index (χ1n) is 5.54. The minimum absolute atomic E-state index is 0.0400. The van der Waals surface area contributed by atoms with Gasteiger partial charge in [-0.1, -0.05) is 29.3 Å². The van der Waals surface area contributed by atoms with Gasteiger partial charge in [0.25, 0.3) is 5.91 Å². The molecule has 1 N–H and O–H groups in total. The van der Waals surface area contributed by atoms with Gasteiger partial charge in [-0.3, -0.25) is 4.79 Å². The Hall–Kier alpha value is -1.58. The molecule has 0 saturated heterocycles. The Morgan fingerprint density at radius 2 is 1.79 bits per heavy atom. The third-order valence-electron chi connectivity index (χ3n) is 2.54. The van der Waals surface area contributed by atoms with Crippen LogP contribution in [0.5, 0.6) is 0 Å². The quantitative estimate of drug-likeness (QED) is 0.909. The minimum atomic E-state index is -0.477. The van der Waals surface area contributed by atoms with Gasteiger partial charge in [-0.25, -0.2) is 4.39 Å². The summed E-state index contributed by atoms with van der Waals surface area (Å²) < 4.78 is 13.0. The molecule has 2 rings (SSSR count). The molecule has 0 saturated carbocycles. The zero-order valence-corrected chi connectivity index (χ0v) is 11.3. The zero-order chi connectivity index (χ0) is 13.8. The lowest BCUT2D eigenvalue weighted by molar-refractivity contribution is 0.0951. The van der Waals surface area contributed by atoms with Crippen LogP contribution in [0, 0.1) is 5.82 Å². The van der Waals surface area contributed by atoms with Gasteiger partial charge in [0.1, 0.15) is 5.82 Å². The fraction of sp³-hybridized carbons (Fsp3) is 0.0714. The second-order valence-electron chi connectivity index (χ2n) is 3.94. The zero-order valence-electron chi connectivity index (χ0n) is 9.79. The number of rotatable bonds is 3. The van der Waals surface area contributed by atoms with E-state index in [0.717, 1.165) is 5.56 Å². The van der Waals surface area contributed by atoms with Gasteiger partial charge in [0.2, 0.25) is 0 Å². The van der Waals surface area contributed by atoms with E-state index < -0.39 is 5.82 Å². The van der Waals surface area contributed by atoms with Gasteiger partial charge in [-0.15, -0.1) is 0 Å². The summed E-state index contributed by atoms with van der Waals surface area (Å²) in [5.41, 5.74) is 1.24. The molecule has 2 aromatic carbocycles. The number of carbonyl (C=O) groups is 1. The van der Waals surface area contributed by atoms with E-state index >= 15 is 0 Å². The molecule has 5 heteroatoms. The third-order valence-corrected chi connectivity index (χ3v) is 3.09. The van der Waals surface area contributed by atoms with E-state index in [1.54, 1.807) is 30.3 Å². The highest BCUT2D eigenvalue weighted by atomic mass is 35.5. The molecule has 98 valence electrons. The number of amides is 1. The minimum Gasteiger partial charge on any atom is -0.348 e. The fourth-order valence-electron chi connectivity index (χ4n) is 1.54. The Morgan fingerprint density at radius 1 is 1.11 bits per heavy atom. The van der Waals surface area contributed by atoms with Crippen molar-refractivity contribution >= 4 is 29.1 Å². The van der Waals surface area contributed by atoms with Crippen molar-refractivity contribution in [2.45, 2.75) is 6.54 Å². The molecule has 0 radical (unpaired) electrons. The molecule has 0 aliphatic rings. The molecule has 0 aliphatic carbocycles. The highest BCUT2D eigenvalue weighted by Gasteiger charge is 2.06. The number of hydrogen-bond acceptors (Lipinski definition) is 1. The molecule has 0 atom stereocenters. The summed E-state index contributed by atoms with van der Waals surface area (Å²) in [6, 6.07) is 10.9. The number of nitrogens with one attached hydrogen (secondary N) is 1. The molecule has 0 fully saturated rings. The van der Waals surface area contributed by atoms with Crippen molar-refractivity contribution in [1.29, 1.82) is 0 Å². The lowest BCUT2D eigenvalue weighted by Gasteiger charge is -2.06. The van der Waals surface area contributed by atoms with Crippen LogP contribution in [0.25, 0.3) is 0 Å². The summed E-state index contributed by atoms with van der Waals surface area (Å²) in [5, 5.41) is 3.33. The molecule has 0 heterocycles. The maximum Gasteiger partial charge on any atom is 0.251 e. The van der Waals surface area contributed by atoms with E-state index in [-0.39, 0.29) is 17.5 Å². The second-order valence-corrected chi connectivity index (χ2v) is 4.78. The fourth-order valence-corrected chi connectivity index (χ4v) is 1.86. The first kappa shape index (κ1) is 13.8. The first-order chi connectivity index (χ1) is 9.06. The maximum atomic E-state index is 13.0. The molecular weight excluding hydrogens is 288 g/mol. The van der Waals surface area contributed by atoms with E-state index in [1.807, 2.05) is 0 Å². The van der Waals surface area contributed by atoms with Gasteiger partial charge >= 0.3 is 0 Å². The average molecular weight is 298 g/mol. The Morgan fingerprint density at radius 3 is 2.42 bits per heavy atom. The summed E-state index contributed by atoms with van der Waals surface area (Å²) in [5.74, 6) is -0.702. The molecule has 1 amide bonds. The molecule has 19 heavy (non-hydrogen) atoms. The Bertz CT molecular complexity index is 599. The van der Waals surface area contributed by atoms with E-state index in [9.17, 15) is 9.18 Å². The number of hydrogen-bond donors (Lipinski definition) is 1. The summed E-state index contributed by atoms with van der Waals surface area (Å²) in [6.45, 7) is 0.279. The van der Waals surface area contributed by atoms with Gasteiger partial charge in [-0.2, -0.15) is 0 Å². The van der Waals surface area contributed by atoms with Crippen LogP contribution in [0.4, 0.5) is 4.39 Å². The Balaban J connectivity index is 2.00. The van der Waals surface area contributed by atoms with Crippen LogP contribution >= 0.6 is 23.2 Å². The van der Waals surface area contributed by atoms with E-state index in [1.165, 1.54) is 12.1 Å². The predicted octanol–water partition coefficient (Wildman–Crippen LogP) is 4.06. The highest BCUT2D eigenvalue weighted by Crippen LogP contribution is 2.16. The van der Waals surface area contributed by atoms with E-state index in [4.69, 9.17) is 23.2 Å². The van der Waals surface area contributed by atoms with Crippen molar-refractivity contribution in [3.63, 3.8) is 0 Å². The van der Waals surface area contributed by atoms with Crippen molar-refractivity contribution in [2.75, 3.05) is 0 Å². The highest BCUT2D eigenvalue weighted by molar-refractivity contribution is 6.31. The molecule has 0 spiro atoms. The number of halogens is 3. The molecule has 0 aromatic heterocycles. The van der Waals surface area contributed by atoms with Crippen molar-refractivity contribution in [3.8, 4) is 0 Å². The summed E-state index contributed by atoms with van der Waals surface area (Å²) in [7, 11) is 0. The van der Waals surface area contributed by atoms with Crippen molar-refractivity contribution in [2.24, 2.45) is 0 Å².